The molecule has 2 aromatic carbocycles. The molecule has 0 bridgehead atoms. The van der Waals surface area contributed by atoms with Gasteiger partial charge in [0.2, 0.25) is 0 Å². The first-order valence-corrected chi connectivity index (χ1v) is 9.89. The van der Waals surface area contributed by atoms with Gasteiger partial charge in [0.25, 0.3) is 5.91 Å². The van der Waals surface area contributed by atoms with Gasteiger partial charge >= 0.3 is 0 Å². The van der Waals surface area contributed by atoms with Crippen LogP contribution in [0.3, 0.4) is 0 Å². The molecule has 1 N–H and O–H groups in total. The average Bonchev–Trinajstić information content (AvgIpc) is 2.61. The molecule has 0 aromatic heterocycles. The summed E-state index contributed by atoms with van der Waals surface area (Å²) in [5.41, 5.74) is 4.39. The van der Waals surface area contributed by atoms with Crippen molar-refractivity contribution >= 4 is 21.8 Å². The second kappa shape index (κ2) is 9.27. The number of benzene rings is 2. The van der Waals surface area contributed by atoms with E-state index in [2.05, 4.69) is 41.2 Å². The van der Waals surface area contributed by atoms with E-state index in [9.17, 15) is 4.79 Å². The molecule has 0 spiro atoms. The molecule has 2 aromatic rings. The molecule has 146 valence electrons. The number of nitrogens with one attached hydrogen (secondary N) is 1. The topological polar surface area (TPSA) is 47.6 Å². The summed E-state index contributed by atoms with van der Waals surface area (Å²) in [6, 6.07) is 9.71. The van der Waals surface area contributed by atoms with E-state index < -0.39 is 0 Å². The largest absolute Gasteiger partial charge is 0.496 e. The van der Waals surface area contributed by atoms with Crippen molar-refractivity contribution in [1.29, 1.82) is 0 Å². The number of hydrogen-bond donors (Lipinski definition) is 1. The van der Waals surface area contributed by atoms with Crippen LogP contribution in [-0.4, -0.2) is 19.6 Å². The Morgan fingerprint density at radius 2 is 1.78 bits per heavy atom. The SMILES string of the molecule is COc1cc(C)c(C(C)NC(=O)COc2ccc(Br)c(C)c2)cc1C(C)C. The Morgan fingerprint density at radius 1 is 1.07 bits per heavy atom. The highest BCUT2D eigenvalue weighted by Crippen LogP contribution is 2.32. The van der Waals surface area contributed by atoms with Gasteiger partial charge in [-0.1, -0.05) is 29.8 Å². The number of ether oxygens (including phenoxy) is 2. The van der Waals surface area contributed by atoms with Gasteiger partial charge in [0.15, 0.2) is 6.61 Å². The van der Waals surface area contributed by atoms with E-state index in [1.807, 2.05) is 45.0 Å². The fourth-order valence-electron chi connectivity index (χ4n) is 3.03. The van der Waals surface area contributed by atoms with Crippen LogP contribution in [0, 0.1) is 13.8 Å². The molecule has 5 heteroatoms. The number of hydrogen-bond acceptors (Lipinski definition) is 3. The summed E-state index contributed by atoms with van der Waals surface area (Å²) in [6.45, 7) is 10.3. The van der Waals surface area contributed by atoms with Gasteiger partial charge in [-0.05, 0) is 79.3 Å². The minimum Gasteiger partial charge on any atom is -0.496 e. The van der Waals surface area contributed by atoms with Crippen molar-refractivity contribution in [1.82, 2.24) is 5.32 Å². The minimum atomic E-state index is -0.149. The van der Waals surface area contributed by atoms with Crippen molar-refractivity contribution < 1.29 is 14.3 Å². The van der Waals surface area contributed by atoms with Crippen molar-refractivity contribution in [3.05, 3.63) is 57.1 Å². The lowest BCUT2D eigenvalue weighted by Gasteiger charge is -2.21. The maximum atomic E-state index is 12.3. The van der Waals surface area contributed by atoms with Crippen molar-refractivity contribution in [3.63, 3.8) is 0 Å². The standard InChI is InChI=1S/C22H28BrNO3/c1-13(2)18-11-19(14(3)10-21(18)26-6)16(5)24-22(25)12-27-17-7-8-20(23)15(4)9-17/h7-11,13,16H,12H2,1-6H3,(H,24,25). The molecule has 1 atom stereocenters. The van der Waals surface area contributed by atoms with Gasteiger partial charge in [-0.2, -0.15) is 0 Å². The molecule has 0 saturated heterocycles. The van der Waals surface area contributed by atoms with Crippen LogP contribution in [0.15, 0.2) is 34.8 Å². The Kier molecular flexibility index (Phi) is 7.31. The van der Waals surface area contributed by atoms with Crippen LogP contribution in [0.1, 0.15) is 55.0 Å². The predicted molar refractivity (Wildman–Crippen MR) is 113 cm³/mol. The van der Waals surface area contributed by atoms with E-state index in [1.54, 1.807) is 7.11 Å². The van der Waals surface area contributed by atoms with Crippen molar-refractivity contribution in [3.8, 4) is 11.5 Å². The van der Waals surface area contributed by atoms with Crippen molar-refractivity contribution in [2.75, 3.05) is 13.7 Å². The van der Waals surface area contributed by atoms with Gasteiger partial charge in [-0.3, -0.25) is 4.79 Å². The van der Waals surface area contributed by atoms with Crippen LogP contribution in [0.2, 0.25) is 0 Å². The quantitative estimate of drug-likeness (QED) is 0.630. The maximum absolute atomic E-state index is 12.3. The Morgan fingerprint density at radius 3 is 2.37 bits per heavy atom. The van der Waals surface area contributed by atoms with E-state index in [0.717, 1.165) is 32.5 Å². The molecule has 4 nitrogen and oxygen atoms in total. The summed E-state index contributed by atoms with van der Waals surface area (Å²) in [6.07, 6.45) is 0. The van der Waals surface area contributed by atoms with Gasteiger partial charge in [0, 0.05) is 4.47 Å². The maximum Gasteiger partial charge on any atom is 0.258 e. The summed E-state index contributed by atoms with van der Waals surface area (Å²) in [5.74, 6) is 1.76. The Bertz CT molecular complexity index is 817. The zero-order valence-corrected chi connectivity index (χ0v) is 18.4. The monoisotopic (exact) mass is 433 g/mol. The van der Waals surface area contributed by atoms with E-state index >= 15 is 0 Å². The number of aryl methyl sites for hydroxylation is 2. The van der Waals surface area contributed by atoms with E-state index in [-0.39, 0.29) is 18.6 Å². The van der Waals surface area contributed by atoms with Crippen molar-refractivity contribution in [2.24, 2.45) is 0 Å². The van der Waals surface area contributed by atoms with Gasteiger partial charge in [-0.25, -0.2) is 0 Å². The number of carbonyl (C=O) groups excluding carboxylic acids is 1. The fourth-order valence-corrected chi connectivity index (χ4v) is 3.27. The summed E-state index contributed by atoms with van der Waals surface area (Å²) in [7, 11) is 1.69. The molecule has 0 saturated carbocycles. The van der Waals surface area contributed by atoms with Crippen LogP contribution in [0.4, 0.5) is 0 Å². The molecule has 0 radical (unpaired) electrons. The Hall–Kier alpha value is -2.01. The highest BCUT2D eigenvalue weighted by atomic mass is 79.9. The Labute approximate surface area is 170 Å². The molecule has 0 fully saturated rings. The van der Waals surface area contributed by atoms with E-state index in [0.29, 0.717) is 11.7 Å². The number of methoxy groups -OCH3 is 1. The first-order chi connectivity index (χ1) is 12.7. The van der Waals surface area contributed by atoms with E-state index in [4.69, 9.17) is 9.47 Å². The van der Waals surface area contributed by atoms with Crippen LogP contribution in [0.5, 0.6) is 11.5 Å². The summed E-state index contributed by atoms with van der Waals surface area (Å²) in [4.78, 5) is 12.3. The smallest absolute Gasteiger partial charge is 0.258 e. The summed E-state index contributed by atoms with van der Waals surface area (Å²) in [5, 5.41) is 3.02. The highest BCUT2D eigenvalue weighted by molar-refractivity contribution is 9.10. The van der Waals surface area contributed by atoms with Gasteiger partial charge in [-0.15, -0.1) is 0 Å². The van der Waals surface area contributed by atoms with Gasteiger partial charge < -0.3 is 14.8 Å². The average molecular weight is 434 g/mol. The zero-order valence-electron chi connectivity index (χ0n) is 16.9. The Balaban J connectivity index is 2.05. The minimum absolute atomic E-state index is 0.0162. The normalized spacial score (nSPS) is 12.0. The van der Waals surface area contributed by atoms with E-state index in [1.165, 1.54) is 0 Å². The highest BCUT2D eigenvalue weighted by Gasteiger charge is 2.17. The fraction of sp³-hybridized carbons (Fsp3) is 0.409. The zero-order chi connectivity index (χ0) is 20.1. The lowest BCUT2D eigenvalue weighted by atomic mass is 9.93. The molecule has 1 unspecified atom stereocenters. The van der Waals surface area contributed by atoms with Gasteiger partial charge in [0.05, 0.1) is 13.2 Å². The van der Waals surface area contributed by atoms with Crippen LogP contribution in [-0.2, 0) is 4.79 Å². The second-order valence-electron chi connectivity index (χ2n) is 7.09. The third-order valence-corrected chi connectivity index (χ3v) is 5.47. The molecule has 27 heavy (non-hydrogen) atoms. The summed E-state index contributed by atoms with van der Waals surface area (Å²) < 4.78 is 12.1. The second-order valence-corrected chi connectivity index (χ2v) is 7.95. The molecule has 0 heterocycles. The third kappa shape index (κ3) is 5.48. The molecule has 2 rings (SSSR count). The number of rotatable bonds is 7. The number of carbonyl (C=O) groups is 1. The summed E-state index contributed by atoms with van der Waals surface area (Å²) >= 11 is 3.46. The molecule has 0 aliphatic rings. The van der Waals surface area contributed by atoms with Crippen LogP contribution >= 0.6 is 15.9 Å². The number of amides is 1. The van der Waals surface area contributed by atoms with Gasteiger partial charge in [0.1, 0.15) is 11.5 Å². The molecule has 1 amide bonds. The van der Waals surface area contributed by atoms with Crippen LogP contribution < -0.4 is 14.8 Å². The number of halogens is 1. The molecular formula is C22H28BrNO3. The van der Waals surface area contributed by atoms with Crippen molar-refractivity contribution in [2.45, 2.75) is 46.6 Å². The molecule has 0 aliphatic carbocycles. The predicted octanol–water partition coefficient (Wildman–Crippen LogP) is 5.45. The lowest BCUT2D eigenvalue weighted by molar-refractivity contribution is -0.123. The third-order valence-electron chi connectivity index (χ3n) is 4.58. The first-order valence-electron chi connectivity index (χ1n) is 9.09. The molecular weight excluding hydrogens is 406 g/mol. The molecule has 0 aliphatic heterocycles. The first kappa shape index (κ1) is 21.3. The van der Waals surface area contributed by atoms with Crippen LogP contribution in [0.25, 0.3) is 0 Å². The lowest BCUT2D eigenvalue weighted by Crippen LogP contribution is -2.31.